The summed E-state index contributed by atoms with van der Waals surface area (Å²) in [5, 5.41) is 7.28. The lowest BCUT2D eigenvalue weighted by atomic mass is 10.1. The van der Waals surface area contributed by atoms with Crippen LogP contribution in [-0.4, -0.2) is 40.9 Å². The normalized spacial score (nSPS) is 11.6. The Kier molecular flexibility index (Phi) is 6.03. The first-order valence-electron chi connectivity index (χ1n) is 8.43. The zero-order chi connectivity index (χ0) is 21.2. The summed E-state index contributed by atoms with van der Waals surface area (Å²) in [6, 6.07) is 3.49. The number of carbonyl (C=O) groups is 1. The summed E-state index contributed by atoms with van der Waals surface area (Å²) in [5.74, 6) is -3.76. The molecule has 8 nitrogen and oxygen atoms in total. The maximum Gasteiger partial charge on any atom is 0.261 e. The van der Waals surface area contributed by atoms with Crippen LogP contribution in [0.25, 0.3) is 5.65 Å². The molecule has 0 bridgehead atoms. The first-order valence-corrected chi connectivity index (χ1v) is 11.3. The number of rotatable bonds is 7. The van der Waals surface area contributed by atoms with E-state index in [2.05, 4.69) is 15.4 Å². The Bertz CT molecular complexity index is 1180. The van der Waals surface area contributed by atoms with Gasteiger partial charge in [-0.15, -0.1) is 11.8 Å². The van der Waals surface area contributed by atoms with Gasteiger partial charge in [0.15, 0.2) is 11.5 Å². The Morgan fingerprint density at radius 1 is 1.31 bits per heavy atom. The summed E-state index contributed by atoms with van der Waals surface area (Å²) in [7, 11) is -3.81. The van der Waals surface area contributed by atoms with E-state index in [1.54, 1.807) is 13.0 Å². The number of nitrogens with zero attached hydrogens (tertiary/aromatic N) is 3. The Hall–Kier alpha value is -2.73. The third-order valence-electron chi connectivity index (χ3n) is 3.81. The summed E-state index contributed by atoms with van der Waals surface area (Å²) in [6.07, 6.45) is 4.93. The number of hydrogen-bond donors (Lipinski definition) is 2. The van der Waals surface area contributed by atoms with Gasteiger partial charge in [0.25, 0.3) is 5.91 Å². The average molecular weight is 441 g/mol. The van der Waals surface area contributed by atoms with Gasteiger partial charge in [-0.25, -0.2) is 26.7 Å². The Morgan fingerprint density at radius 3 is 2.76 bits per heavy atom. The molecule has 2 heterocycles. The summed E-state index contributed by atoms with van der Waals surface area (Å²) < 4.78 is 56.0. The van der Waals surface area contributed by atoms with Gasteiger partial charge >= 0.3 is 0 Å². The largest absolute Gasteiger partial charge is 0.319 e. The number of nitrogens with one attached hydrogen (secondary N) is 2. The van der Waals surface area contributed by atoms with E-state index in [1.165, 1.54) is 28.7 Å². The van der Waals surface area contributed by atoms with Crippen molar-refractivity contribution in [3.8, 4) is 0 Å². The number of anilines is 2. The quantitative estimate of drug-likeness (QED) is 0.546. The van der Waals surface area contributed by atoms with Crippen molar-refractivity contribution in [1.29, 1.82) is 0 Å². The molecule has 0 saturated heterocycles. The highest BCUT2D eigenvalue weighted by atomic mass is 32.2. The minimum absolute atomic E-state index is 0.161. The van der Waals surface area contributed by atoms with Gasteiger partial charge in [-0.1, -0.05) is 6.92 Å². The van der Waals surface area contributed by atoms with Gasteiger partial charge in [-0.3, -0.25) is 9.52 Å². The van der Waals surface area contributed by atoms with Gasteiger partial charge in [0.1, 0.15) is 16.4 Å². The van der Waals surface area contributed by atoms with Crippen LogP contribution in [0.3, 0.4) is 0 Å². The first-order chi connectivity index (χ1) is 13.7. The molecule has 3 aromatic rings. The van der Waals surface area contributed by atoms with Crippen molar-refractivity contribution >= 4 is 44.7 Å². The van der Waals surface area contributed by atoms with Crippen LogP contribution in [0.5, 0.6) is 0 Å². The van der Waals surface area contributed by atoms with Gasteiger partial charge in [0.2, 0.25) is 10.0 Å². The Balaban J connectivity index is 1.89. The van der Waals surface area contributed by atoms with E-state index >= 15 is 0 Å². The molecule has 0 aliphatic carbocycles. The molecule has 0 spiro atoms. The highest BCUT2D eigenvalue weighted by Crippen LogP contribution is 2.24. The molecule has 0 radical (unpaired) electrons. The summed E-state index contributed by atoms with van der Waals surface area (Å²) >= 11 is 1.41. The lowest BCUT2D eigenvalue weighted by Crippen LogP contribution is -2.20. The van der Waals surface area contributed by atoms with Crippen LogP contribution in [0.2, 0.25) is 0 Å². The standard InChI is InChI=1S/C17H17F2N5O3S2/c1-3-6-29(26,27)23-12-5-4-11(18)15(16(12)19)17(25)21-10-8-20-13-7-14(28-2)22-24(13)9-10/h4-5,7-9,23H,3,6H2,1-2H3,(H,21,25). The van der Waals surface area contributed by atoms with Crippen LogP contribution >= 0.6 is 11.8 Å². The van der Waals surface area contributed by atoms with Crippen molar-refractivity contribution < 1.29 is 22.0 Å². The number of halogens is 2. The second-order valence-corrected chi connectivity index (χ2v) is 8.66. The highest BCUT2D eigenvalue weighted by molar-refractivity contribution is 7.98. The van der Waals surface area contributed by atoms with Crippen LogP contribution < -0.4 is 10.0 Å². The highest BCUT2D eigenvalue weighted by Gasteiger charge is 2.23. The molecule has 12 heteroatoms. The average Bonchev–Trinajstić information content (AvgIpc) is 3.06. The van der Waals surface area contributed by atoms with Gasteiger partial charge in [0, 0.05) is 6.07 Å². The number of amides is 1. The Labute approximate surface area is 169 Å². The maximum absolute atomic E-state index is 14.7. The van der Waals surface area contributed by atoms with Gasteiger partial charge in [-0.05, 0) is 24.8 Å². The molecule has 0 saturated carbocycles. The SMILES string of the molecule is CCCS(=O)(=O)Nc1ccc(F)c(C(=O)Nc2cnc3cc(SC)nn3c2)c1F. The minimum Gasteiger partial charge on any atom is -0.319 e. The van der Waals surface area contributed by atoms with Crippen molar-refractivity contribution in [2.24, 2.45) is 0 Å². The van der Waals surface area contributed by atoms with Crippen molar-refractivity contribution in [2.75, 3.05) is 22.0 Å². The molecule has 2 aromatic heterocycles. The van der Waals surface area contributed by atoms with E-state index in [4.69, 9.17) is 0 Å². The summed E-state index contributed by atoms with van der Waals surface area (Å²) in [5.41, 5.74) is -0.714. The van der Waals surface area contributed by atoms with Crippen LogP contribution in [0.15, 0.2) is 35.6 Å². The van der Waals surface area contributed by atoms with Crippen molar-refractivity contribution in [3.63, 3.8) is 0 Å². The van der Waals surface area contributed by atoms with Crippen molar-refractivity contribution in [1.82, 2.24) is 14.6 Å². The monoisotopic (exact) mass is 441 g/mol. The molecule has 3 rings (SSSR count). The van der Waals surface area contributed by atoms with E-state index < -0.39 is 38.8 Å². The molecule has 0 atom stereocenters. The smallest absolute Gasteiger partial charge is 0.261 e. The Morgan fingerprint density at radius 2 is 2.07 bits per heavy atom. The van der Waals surface area contributed by atoms with Crippen LogP contribution in [0, 0.1) is 11.6 Å². The molecule has 0 aliphatic rings. The molecular weight excluding hydrogens is 424 g/mol. The van der Waals surface area contributed by atoms with Gasteiger partial charge in [-0.2, -0.15) is 5.10 Å². The van der Waals surface area contributed by atoms with Gasteiger partial charge in [0.05, 0.1) is 29.5 Å². The molecule has 0 aliphatic heterocycles. The predicted octanol–water partition coefficient (Wildman–Crippen LogP) is 3.13. The van der Waals surface area contributed by atoms with E-state index in [-0.39, 0.29) is 11.4 Å². The lowest BCUT2D eigenvalue weighted by molar-refractivity contribution is 0.101. The lowest BCUT2D eigenvalue weighted by Gasteiger charge is -2.12. The predicted molar refractivity (Wildman–Crippen MR) is 107 cm³/mol. The fraction of sp³-hybridized carbons (Fsp3) is 0.235. The summed E-state index contributed by atoms with van der Waals surface area (Å²) in [4.78, 5) is 16.6. The molecule has 1 amide bonds. The fourth-order valence-electron chi connectivity index (χ4n) is 2.54. The van der Waals surface area contributed by atoms with Crippen molar-refractivity contribution in [3.05, 3.63) is 47.8 Å². The first kappa shape index (κ1) is 21.0. The van der Waals surface area contributed by atoms with Crippen molar-refractivity contribution in [2.45, 2.75) is 18.4 Å². The number of hydrogen-bond acceptors (Lipinski definition) is 6. The number of thioether (sulfide) groups is 1. The molecule has 2 N–H and O–H groups in total. The van der Waals surface area contributed by atoms with E-state index in [0.29, 0.717) is 17.1 Å². The number of fused-ring (bicyclic) bond motifs is 1. The second kappa shape index (κ2) is 8.33. The van der Waals surface area contributed by atoms with Gasteiger partial charge < -0.3 is 5.32 Å². The number of aromatic nitrogens is 3. The van der Waals surface area contributed by atoms with E-state index in [9.17, 15) is 22.0 Å². The maximum atomic E-state index is 14.7. The zero-order valence-electron chi connectivity index (χ0n) is 15.4. The third kappa shape index (κ3) is 4.65. The van der Waals surface area contributed by atoms with Crippen LogP contribution in [0.1, 0.15) is 23.7 Å². The third-order valence-corrected chi connectivity index (χ3v) is 5.91. The number of benzene rings is 1. The topological polar surface area (TPSA) is 105 Å². The molecule has 0 unspecified atom stereocenters. The van der Waals surface area contributed by atoms with Crippen LogP contribution in [-0.2, 0) is 10.0 Å². The number of carbonyl (C=O) groups excluding carboxylic acids is 1. The molecule has 29 heavy (non-hydrogen) atoms. The van der Waals surface area contributed by atoms with E-state index in [1.807, 2.05) is 11.0 Å². The molecular formula is C17H17F2N5O3S2. The number of sulfonamides is 1. The molecule has 1 aromatic carbocycles. The van der Waals surface area contributed by atoms with E-state index in [0.717, 1.165) is 12.1 Å². The molecule has 0 fully saturated rings. The molecule has 154 valence electrons. The zero-order valence-corrected chi connectivity index (χ0v) is 17.1. The van der Waals surface area contributed by atoms with Crippen LogP contribution in [0.4, 0.5) is 20.2 Å². The second-order valence-electron chi connectivity index (χ2n) is 5.99. The fourth-order valence-corrected chi connectivity index (χ4v) is 4.06. The minimum atomic E-state index is -3.81. The summed E-state index contributed by atoms with van der Waals surface area (Å²) in [6.45, 7) is 1.64.